The van der Waals surface area contributed by atoms with Gasteiger partial charge in [-0.3, -0.25) is 19.3 Å². The zero-order valence-electron chi connectivity index (χ0n) is 14.7. The Morgan fingerprint density at radius 3 is 2.42 bits per heavy atom. The first-order valence-corrected chi connectivity index (χ1v) is 8.84. The Morgan fingerprint density at radius 1 is 1.19 bits per heavy atom. The lowest BCUT2D eigenvalue weighted by Crippen LogP contribution is -2.33. The van der Waals surface area contributed by atoms with Crippen LogP contribution in [-0.2, 0) is 25.7 Å². The van der Waals surface area contributed by atoms with Gasteiger partial charge in [0, 0.05) is 6.54 Å². The Morgan fingerprint density at radius 2 is 1.85 bits per heavy atom. The fourth-order valence-corrected chi connectivity index (χ4v) is 3.69. The molecule has 1 heterocycles. The van der Waals surface area contributed by atoms with Crippen LogP contribution in [-0.4, -0.2) is 36.3 Å². The molecule has 0 radical (unpaired) electrons. The van der Waals surface area contributed by atoms with Crippen LogP contribution in [0.1, 0.15) is 37.7 Å². The monoisotopic (exact) mass is 363 g/mol. The van der Waals surface area contributed by atoms with Crippen molar-refractivity contribution in [1.82, 2.24) is 4.90 Å². The number of nitrogens with zero attached hydrogens (tertiary/aromatic N) is 1. The van der Waals surface area contributed by atoms with E-state index in [2.05, 4.69) is 0 Å². The number of hydrogen-bond acceptors (Lipinski definition) is 5. The molecule has 3 rings (SSSR count). The SMILES string of the molecule is COc1ccc(COC(=O)CCN2C(=O)[C@@H]3CCCC[C@H]3C2=O)cc1F. The summed E-state index contributed by atoms with van der Waals surface area (Å²) in [4.78, 5) is 37.8. The number of fused-ring (bicyclic) bond motifs is 1. The van der Waals surface area contributed by atoms with E-state index < -0.39 is 11.8 Å². The molecule has 2 atom stereocenters. The highest BCUT2D eigenvalue weighted by atomic mass is 19.1. The number of carbonyl (C=O) groups is 3. The molecule has 1 saturated carbocycles. The molecule has 7 heteroatoms. The maximum absolute atomic E-state index is 13.6. The van der Waals surface area contributed by atoms with Gasteiger partial charge in [-0.25, -0.2) is 4.39 Å². The average Bonchev–Trinajstić information content (AvgIpc) is 2.89. The first-order valence-electron chi connectivity index (χ1n) is 8.84. The molecule has 0 N–H and O–H groups in total. The topological polar surface area (TPSA) is 72.9 Å². The highest BCUT2D eigenvalue weighted by molar-refractivity contribution is 6.05. The van der Waals surface area contributed by atoms with Crippen molar-refractivity contribution in [1.29, 1.82) is 0 Å². The molecule has 0 bridgehead atoms. The Kier molecular flexibility index (Phi) is 5.54. The fraction of sp³-hybridized carbons (Fsp3) is 0.526. The molecule has 1 aliphatic carbocycles. The van der Waals surface area contributed by atoms with Crippen molar-refractivity contribution in [3.8, 4) is 5.75 Å². The second-order valence-electron chi connectivity index (χ2n) is 6.71. The van der Waals surface area contributed by atoms with Gasteiger partial charge in [-0.05, 0) is 30.5 Å². The summed E-state index contributed by atoms with van der Waals surface area (Å²) in [5.74, 6) is -1.69. The van der Waals surface area contributed by atoms with E-state index in [1.54, 1.807) is 6.07 Å². The molecule has 26 heavy (non-hydrogen) atoms. The normalized spacial score (nSPS) is 22.3. The third kappa shape index (κ3) is 3.71. The van der Waals surface area contributed by atoms with Crippen molar-refractivity contribution in [2.45, 2.75) is 38.7 Å². The van der Waals surface area contributed by atoms with Crippen LogP contribution in [0.3, 0.4) is 0 Å². The van der Waals surface area contributed by atoms with Crippen LogP contribution in [0, 0.1) is 17.7 Å². The van der Waals surface area contributed by atoms with Crippen LogP contribution in [0.5, 0.6) is 5.75 Å². The van der Waals surface area contributed by atoms with Gasteiger partial charge in [-0.2, -0.15) is 0 Å². The Hall–Kier alpha value is -2.44. The zero-order valence-corrected chi connectivity index (χ0v) is 14.7. The zero-order chi connectivity index (χ0) is 18.7. The first-order chi connectivity index (χ1) is 12.5. The van der Waals surface area contributed by atoms with Gasteiger partial charge in [0.15, 0.2) is 11.6 Å². The summed E-state index contributed by atoms with van der Waals surface area (Å²) in [7, 11) is 1.37. The molecule has 0 unspecified atom stereocenters. The molecule has 0 spiro atoms. The Bertz CT molecular complexity index is 696. The first kappa shape index (κ1) is 18.4. The molecule has 1 aromatic rings. The number of amides is 2. The van der Waals surface area contributed by atoms with Crippen molar-refractivity contribution in [2.24, 2.45) is 11.8 Å². The number of benzene rings is 1. The number of ether oxygens (including phenoxy) is 2. The molecular weight excluding hydrogens is 341 g/mol. The number of halogens is 1. The van der Waals surface area contributed by atoms with Crippen molar-refractivity contribution in [3.63, 3.8) is 0 Å². The van der Waals surface area contributed by atoms with Crippen LogP contribution >= 0.6 is 0 Å². The van der Waals surface area contributed by atoms with Gasteiger partial charge in [0.2, 0.25) is 11.8 Å². The number of methoxy groups -OCH3 is 1. The minimum Gasteiger partial charge on any atom is -0.494 e. The second kappa shape index (κ2) is 7.85. The molecule has 6 nitrogen and oxygen atoms in total. The van der Waals surface area contributed by atoms with Gasteiger partial charge in [-0.1, -0.05) is 18.9 Å². The molecule has 2 aliphatic rings. The van der Waals surface area contributed by atoms with Gasteiger partial charge < -0.3 is 9.47 Å². The van der Waals surface area contributed by atoms with Gasteiger partial charge in [-0.15, -0.1) is 0 Å². The third-order valence-electron chi connectivity index (χ3n) is 5.09. The highest BCUT2D eigenvalue weighted by Crippen LogP contribution is 2.37. The Balaban J connectivity index is 1.49. The summed E-state index contributed by atoms with van der Waals surface area (Å²) < 4.78 is 23.6. The lowest BCUT2D eigenvalue weighted by Gasteiger charge is -2.19. The maximum Gasteiger partial charge on any atom is 0.307 e. The van der Waals surface area contributed by atoms with Crippen LogP contribution in [0.4, 0.5) is 4.39 Å². The van der Waals surface area contributed by atoms with E-state index in [1.165, 1.54) is 24.1 Å². The molecule has 1 aliphatic heterocycles. The quantitative estimate of drug-likeness (QED) is 0.573. The van der Waals surface area contributed by atoms with E-state index in [0.29, 0.717) is 5.56 Å². The van der Waals surface area contributed by atoms with Gasteiger partial charge >= 0.3 is 5.97 Å². The summed E-state index contributed by atoms with van der Waals surface area (Å²) in [5.41, 5.74) is 0.496. The minimum absolute atomic E-state index is 0.0421. The fourth-order valence-electron chi connectivity index (χ4n) is 3.69. The lowest BCUT2D eigenvalue weighted by atomic mass is 9.81. The van der Waals surface area contributed by atoms with Crippen molar-refractivity contribution in [2.75, 3.05) is 13.7 Å². The van der Waals surface area contributed by atoms with E-state index in [9.17, 15) is 18.8 Å². The number of likely N-dealkylation sites (tertiary alicyclic amines) is 1. The lowest BCUT2D eigenvalue weighted by molar-refractivity contribution is -0.146. The van der Waals surface area contributed by atoms with E-state index in [0.717, 1.165) is 25.7 Å². The standard InChI is InChI=1S/C19H22FNO5/c1-25-16-7-6-12(10-15(16)20)11-26-17(22)8-9-21-18(23)13-4-2-3-5-14(13)19(21)24/h6-7,10,13-14H,2-5,8-9,11H2,1H3/t13-,14-/m1/s1. The molecule has 140 valence electrons. The minimum atomic E-state index is -0.531. The number of esters is 1. The Labute approximate surface area is 151 Å². The summed E-state index contributed by atoms with van der Waals surface area (Å²) in [6.45, 7) is -0.0344. The largest absolute Gasteiger partial charge is 0.494 e. The molecule has 0 aromatic heterocycles. The van der Waals surface area contributed by atoms with Gasteiger partial charge in [0.1, 0.15) is 6.61 Å². The van der Waals surface area contributed by atoms with E-state index in [-0.39, 0.29) is 49.0 Å². The van der Waals surface area contributed by atoms with Crippen LogP contribution in [0.2, 0.25) is 0 Å². The number of hydrogen-bond donors (Lipinski definition) is 0. The molecule has 2 fully saturated rings. The van der Waals surface area contributed by atoms with Crippen LogP contribution in [0.25, 0.3) is 0 Å². The third-order valence-corrected chi connectivity index (χ3v) is 5.09. The van der Waals surface area contributed by atoms with Crippen molar-refractivity contribution < 1.29 is 28.2 Å². The molecule has 2 amide bonds. The van der Waals surface area contributed by atoms with Crippen molar-refractivity contribution >= 4 is 17.8 Å². The van der Waals surface area contributed by atoms with Gasteiger partial charge in [0.05, 0.1) is 25.4 Å². The average molecular weight is 363 g/mol. The number of rotatable bonds is 6. The predicted molar refractivity (Wildman–Crippen MR) is 89.5 cm³/mol. The summed E-state index contributed by atoms with van der Waals surface area (Å²) >= 11 is 0. The number of carbonyl (C=O) groups excluding carboxylic acids is 3. The van der Waals surface area contributed by atoms with Crippen LogP contribution < -0.4 is 4.74 Å². The smallest absolute Gasteiger partial charge is 0.307 e. The predicted octanol–water partition coefficient (Wildman–Crippen LogP) is 2.44. The van der Waals surface area contributed by atoms with E-state index >= 15 is 0 Å². The maximum atomic E-state index is 13.6. The van der Waals surface area contributed by atoms with Crippen molar-refractivity contribution in [3.05, 3.63) is 29.6 Å². The molecule has 1 aromatic carbocycles. The highest BCUT2D eigenvalue weighted by Gasteiger charge is 2.47. The molecular formula is C19H22FNO5. The van der Waals surface area contributed by atoms with E-state index in [1.807, 2.05) is 0 Å². The summed E-state index contributed by atoms with van der Waals surface area (Å²) in [6.07, 6.45) is 3.37. The molecule has 1 saturated heterocycles. The van der Waals surface area contributed by atoms with E-state index in [4.69, 9.17) is 9.47 Å². The van der Waals surface area contributed by atoms with Gasteiger partial charge in [0.25, 0.3) is 0 Å². The van der Waals surface area contributed by atoms with Crippen LogP contribution in [0.15, 0.2) is 18.2 Å². The number of imide groups is 1. The second-order valence-corrected chi connectivity index (χ2v) is 6.71. The summed E-state index contributed by atoms with van der Waals surface area (Å²) in [5, 5.41) is 0. The summed E-state index contributed by atoms with van der Waals surface area (Å²) in [6, 6.07) is 4.31.